The van der Waals surface area contributed by atoms with E-state index >= 15 is 0 Å². The Morgan fingerprint density at radius 3 is 2.75 bits per heavy atom. The van der Waals surface area contributed by atoms with Crippen LogP contribution in [0.2, 0.25) is 5.28 Å². The van der Waals surface area contributed by atoms with Crippen LogP contribution >= 0.6 is 11.6 Å². The lowest BCUT2D eigenvalue weighted by Gasteiger charge is -2.34. The molecule has 1 N–H and O–H groups in total. The Kier molecular flexibility index (Phi) is 3.39. The number of hydrogen-bond donors (Lipinski definition) is 1. The summed E-state index contributed by atoms with van der Waals surface area (Å²) in [5, 5.41) is 2.73. The normalized spacial score (nSPS) is 27.1. The summed E-state index contributed by atoms with van der Waals surface area (Å²) in [6.45, 7) is 0.762. The van der Waals surface area contributed by atoms with Gasteiger partial charge in [-0.3, -0.25) is 4.79 Å². The summed E-state index contributed by atoms with van der Waals surface area (Å²) in [7, 11) is -3.70. The Morgan fingerprint density at radius 2 is 2.05 bits per heavy atom. The largest absolute Gasteiger partial charge is 0.354 e. The number of carbonyl (C=O) groups is 1. The highest BCUT2D eigenvalue weighted by Gasteiger charge is 2.45. The molecule has 0 bridgehead atoms. The van der Waals surface area contributed by atoms with E-state index in [1.807, 2.05) is 0 Å². The molecule has 2 fully saturated rings. The summed E-state index contributed by atoms with van der Waals surface area (Å²) in [5.74, 6) is -0.325. The number of amides is 1. The monoisotopic (exact) mass is 316 g/mol. The second-order valence-corrected chi connectivity index (χ2v) is 7.09. The molecule has 1 aromatic heterocycles. The number of fused-ring (bicyclic) bond motifs is 1. The smallest absolute Gasteiger partial charge is 0.246 e. The molecule has 3 rings (SSSR count). The SMILES string of the molecule is O=C1NCC2C1CCCN2S(=O)(=O)c1cnc(Cl)nc1. The van der Waals surface area contributed by atoms with Gasteiger partial charge in [0.25, 0.3) is 0 Å². The number of nitrogens with zero attached hydrogens (tertiary/aromatic N) is 3. The van der Waals surface area contributed by atoms with Crippen molar-refractivity contribution in [1.82, 2.24) is 19.6 Å². The van der Waals surface area contributed by atoms with Crippen molar-refractivity contribution in [3.05, 3.63) is 17.7 Å². The number of nitrogens with one attached hydrogen (secondary N) is 1. The molecule has 2 aliphatic heterocycles. The van der Waals surface area contributed by atoms with Gasteiger partial charge in [0.2, 0.25) is 21.2 Å². The van der Waals surface area contributed by atoms with Gasteiger partial charge in [-0.05, 0) is 24.4 Å². The highest BCUT2D eigenvalue weighted by molar-refractivity contribution is 7.89. The third-order valence-corrected chi connectivity index (χ3v) is 5.83. The van der Waals surface area contributed by atoms with E-state index in [4.69, 9.17) is 11.6 Å². The van der Waals surface area contributed by atoms with Gasteiger partial charge in [0.05, 0.1) is 24.4 Å². The molecule has 2 atom stereocenters. The minimum atomic E-state index is -3.70. The summed E-state index contributed by atoms with van der Waals surface area (Å²) >= 11 is 5.57. The molecular weight excluding hydrogens is 304 g/mol. The summed E-state index contributed by atoms with van der Waals surface area (Å²) in [6, 6.07) is -0.322. The summed E-state index contributed by atoms with van der Waals surface area (Å²) in [6.07, 6.45) is 3.78. The molecule has 2 unspecified atom stereocenters. The Morgan fingerprint density at radius 1 is 1.35 bits per heavy atom. The highest BCUT2D eigenvalue weighted by atomic mass is 35.5. The van der Waals surface area contributed by atoms with Crippen molar-refractivity contribution >= 4 is 27.5 Å². The van der Waals surface area contributed by atoms with Crippen molar-refractivity contribution in [3.8, 4) is 0 Å². The van der Waals surface area contributed by atoms with Crippen LogP contribution in [-0.4, -0.2) is 47.7 Å². The van der Waals surface area contributed by atoms with E-state index in [1.54, 1.807) is 0 Å². The van der Waals surface area contributed by atoms with Gasteiger partial charge in [-0.1, -0.05) is 0 Å². The topological polar surface area (TPSA) is 92.3 Å². The van der Waals surface area contributed by atoms with Crippen LogP contribution in [-0.2, 0) is 14.8 Å². The van der Waals surface area contributed by atoms with Gasteiger partial charge in [0.1, 0.15) is 4.90 Å². The first kappa shape index (κ1) is 13.7. The van der Waals surface area contributed by atoms with Crippen molar-refractivity contribution in [2.45, 2.75) is 23.8 Å². The summed E-state index contributed by atoms with van der Waals surface area (Å²) < 4.78 is 26.6. The van der Waals surface area contributed by atoms with Crippen LogP contribution in [0.5, 0.6) is 0 Å². The lowest BCUT2D eigenvalue weighted by molar-refractivity contribution is -0.123. The van der Waals surface area contributed by atoms with Gasteiger partial charge in [-0.15, -0.1) is 0 Å². The van der Waals surface area contributed by atoms with Crippen molar-refractivity contribution in [3.63, 3.8) is 0 Å². The lowest BCUT2D eigenvalue weighted by atomic mass is 9.93. The Labute approximate surface area is 121 Å². The zero-order valence-electron chi connectivity index (χ0n) is 10.5. The molecule has 0 aromatic carbocycles. The first-order valence-electron chi connectivity index (χ1n) is 6.27. The second kappa shape index (κ2) is 4.94. The van der Waals surface area contributed by atoms with Crippen molar-refractivity contribution in [2.75, 3.05) is 13.1 Å². The maximum Gasteiger partial charge on any atom is 0.246 e. The van der Waals surface area contributed by atoms with Crippen molar-refractivity contribution in [2.24, 2.45) is 5.92 Å². The first-order chi connectivity index (χ1) is 9.50. The highest BCUT2D eigenvalue weighted by Crippen LogP contribution is 2.31. The van der Waals surface area contributed by atoms with Crippen molar-refractivity contribution < 1.29 is 13.2 Å². The third-order valence-electron chi connectivity index (χ3n) is 3.75. The number of rotatable bonds is 2. The van der Waals surface area contributed by atoms with E-state index in [0.29, 0.717) is 19.5 Å². The number of sulfonamides is 1. The average molecular weight is 317 g/mol. The predicted octanol–water partition coefficient (Wildman–Crippen LogP) is 0.0291. The molecular formula is C11H13ClN4O3S. The van der Waals surface area contributed by atoms with E-state index in [1.165, 1.54) is 16.7 Å². The zero-order valence-corrected chi connectivity index (χ0v) is 12.1. The molecule has 0 aliphatic carbocycles. The second-order valence-electron chi connectivity index (χ2n) is 4.86. The van der Waals surface area contributed by atoms with Gasteiger partial charge in [-0.2, -0.15) is 4.31 Å². The van der Waals surface area contributed by atoms with Crippen LogP contribution in [0.25, 0.3) is 0 Å². The molecule has 1 amide bonds. The van der Waals surface area contributed by atoms with E-state index in [0.717, 1.165) is 6.42 Å². The summed E-state index contributed by atoms with van der Waals surface area (Å²) in [5.41, 5.74) is 0. The van der Waals surface area contributed by atoms with Gasteiger partial charge in [0.15, 0.2) is 0 Å². The number of piperidine rings is 1. The average Bonchev–Trinajstić information content (AvgIpc) is 2.81. The molecule has 3 heterocycles. The Hall–Kier alpha value is -1.25. The van der Waals surface area contributed by atoms with Crippen LogP contribution in [0.1, 0.15) is 12.8 Å². The predicted molar refractivity (Wildman–Crippen MR) is 70.5 cm³/mol. The fourth-order valence-electron chi connectivity index (χ4n) is 2.78. The summed E-state index contributed by atoms with van der Waals surface area (Å²) in [4.78, 5) is 19.1. The van der Waals surface area contributed by atoms with E-state index in [9.17, 15) is 13.2 Å². The van der Waals surface area contributed by atoms with Crippen molar-refractivity contribution in [1.29, 1.82) is 0 Å². The Bertz CT molecular complexity index is 634. The van der Waals surface area contributed by atoms with Gasteiger partial charge in [0, 0.05) is 13.1 Å². The molecule has 20 heavy (non-hydrogen) atoms. The van der Waals surface area contributed by atoms with Crippen LogP contribution in [0.4, 0.5) is 0 Å². The molecule has 2 saturated heterocycles. The van der Waals surface area contributed by atoms with Gasteiger partial charge < -0.3 is 5.32 Å². The number of hydrogen-bond acceptors (Lipinski definition) is 5. The molecule has 2 aliphatic rings. The molecule has 108 valence electrons. The van der Waals surface area contributed by atoms with E-state index in [2.05, 4.69) is 15.3 Å². The number of carbonyl (C=O) groups excluding carboxylic acids is 1. The lowest BCUT2D eigenvalue weighted by Crippen LogP contribution is -2.48. The van der Waals surface area contributed by atoms with Crippen LogP contribution < -0.4 is 5.32 Å². The van der Waals surface area contributed by atoms with E-state index < -0.39 is 10.0 Å². The minimum absolute atomic E-state index is 0.00168. The van der Waals surface area contributed by atoms with Crippen LogP contribution in [0, 0.1) is 5.92 Å². The number of halogens is 1. The zero-order chi connectivity index (χ0) is 14.3. The molecule has 0 saturated carbocycles. The van der Waals surface area contributed by atoms with Crippen LogP contribution in [0.15, 0.2) is 17.3 Å². The van der Waals surface area contributed by atoms with Gasteiger partial charge in [-0.25, -0.2) is 18.4 Å². The standard InChI is InChI=1S/C11H13ClN4O3S/c12-11-14-4-7(5-15-11)20(18,19)16-3-1-2-8-9(16)6-13-10(8)17/h4-5,8-9H,1-3,6H2,(H,13,17). The molecule has 9 heteroatoms. The molecule has 1 aromatic rings. The fraction of sp³-hybridized carbons (Fsp3) is 0.545. The third kappa shape index (κ3) is 2.17. The van der Waals surface area contributed by atoms with E-state index in [-0.39, 0.29) is 28.0 Å². The maximum absolute atomic E-state index is 12.6. The van der Waals surface area contributed by atoms with Gasteiger partial charge >= 0.3 is 0 Å². The fourth-order valence-corrected chi connectivity index (χ4v) is 4.47. The Balaban J connectivity index is 1.94. The molecule has 0 radical (unpaired) electrons. The molecule has 0 spiro atoms. The minimum Gasteiger partial charge on any atom is -0.354 e. The van der Waals surface area contributed by atoms with Crippen LogP contribution in [0.3, 0.4) is 0 Å². The maximum atomic E-state index is 12.6. The quantitative estimate of drug-likeness (QED) is 0.777. The number of aromatic nitrogens is 2. The molecule has 7 nitrogen and oxygen atoms in total. The first-order valence-corrected chi connectivity index (χ1v) is 8.09.